The third-order valence-electron chi connectivity index (χ3n) is 4.92. The van der Waals surface area contributed by atoms with Crippen molar-refractivity contribution in [3.63, 3.8) is 0 Å². The average molecular weight is 337 g/mol. The van der Waals surface area contributed by atoms with Gasteiger partial charge < -0.3 is 5.32 Å². The monoisotopic (exact) mass is 336 g/mol. The van der Waals surface area contributed by atoms with Gasteiger partial charge in [-0.25, -0.2) is 0 Å². The Balaban J connectivity index is 1.48. The summed E-state index contributed by atoms with van der Waals surface area (Å²) in [4.78, 5) is 14.6. The minimum Gasteiger partial charge on any atom is -0.350 e. The molecule has 5 nitrogen and oxygen atoms in total. The molecular formula is C17H28N4OS. The Morgan fingerprint density at radius 2 is 2.22 bits per heavy atom. The number of hydrogen-bond acceptors (Lipinski definition) is 4. The Morgan fingerprint density at radius 3 is 3.00 bits per heavy atom. The maximum absolute atomic E-state index is 12.1. The number of nitrogens with zero attached hydrogens (tertiary/aromatic N) is 3. The lowest BCUT2D eigenvalue weighted by Gasteiger charge is -2.27. The van der Waals surface area contributed by atoms with Gasteiger partial charge >= 0.3 is 0 Å². The Hall–Kier alpha value is -1.01. The summed E-state index contributed by atoms with van der Waals surface area (Å²) < 4.78 is 2.11. The smallest absolute Gasteiger partial charge is 0.223 e. The summed E-state index contributed by atoms with van der Waals surface area (Å²) in [5.74, 6) is 1.68. The molecule has 1 N–H and O–H groups in total. The fourth-order valence-electron chi connectivity index (χ4n) is 3.60. The molecule has 0 unspecified atom stereocenters. The molecule has 2 heterocycles. The van der Waals surface area contributed by atoms with Crippen molar-refractivity contribution in [2.45, 2.75) is 51.7 Å². The predicted octanol–water partition coefficient (Wildman–Crippen LogP) is 2.26. The number of thioether (sulfide) groups is 1. The highest BCUT2D eigenvalue weighted by molar-refractivity contribution is 7.98. The van der Waals surface area contributed by atoms with Crippen molar-refractivity contribution in [2.75, 3.05) is 25.1 Å². The summed E-state index contributed by atoms with van der Waals surface area (Å²) >= 11 is 1.92. The maximum Gasteiger partial charge on any atom is 0.223 e. The first-order valence-corrected chi connectivity index (χ1v) is 10.2. The highest BCUT2D eigenvalue weighted by Gasteiger charge is 2.23. The molecule has 1 amide bonds. The van der Waals surface area contributed by atoms with Crippen molar-refractivity contribution in [1.82, 2.24) is 20.0 Å². The van der Waals surface area contributed by atoms with Crippen LogP contribution in [-0.4, -0.2) is 45.7 Å². The van der Waals surface area contributed by atoms with Gasteiger partial charge in [0.25, 0.3) is 0 Å². The zero-order chi connectivity index (χ0) is 16.1. The summed E-state index contributed by atoms with van der Waals surface area (Å²) in [5, 5.41) is 7.72. The van der Waals surface area contributed by atoms with Crippen molar-refractivity contribution < 1.29 is 4.79 Å². The largest absolute Gasteiger partial charge is 0.350 e. The first kappa shape index (κ1) is 16.8. The molecule has 2 aliphatic rings. The predicted molar refractivity (Wildman–Crippen MR) is 94.3 cm³/mol. The number of nitrogens with one attached hydrogen (secondary N) is 1. The molecule has 1 fully saturated rings. The Labute approximate surface area is 143 Å². The third kappa shape index (κ3) is 4.51. The molecule has 1 aromatic heterocycles. The molecule has 6 heteroatoms. The van der Waals surface area contributed by atoms with E-state index in [9.17, 15) is 4.79 Å². The molecule has 0 saturated heterocycles. The normalized spacial score (nSPS) is 19.0. The van der Waals surface area contributed by atoms with Crippen LogP contribution in [0.1, 0.15) is 43.5 Å². The minimum absolute atomic E-state index is 0.215. The fraction of sp³-hybridized carbons (Fsp3) is 0.765. The zero-order valence-corrected chi connectivity index (χ0v) is 14.9. The number of rotatable bonds is 7. The van der Waals surface area contributed by atoms with Gasteiger partial charge in [0.1, 0.15) is 0 Å². The highest BCUT2D eigenvalue weighted by atomic mass is 32.2. The molecule has 0 atom stereocenters. The second-order valence-electron chi connectivity index (χ2n) is 6.67. The number of carbonyl (C=O) groups is 1. The van der Waals surface area contributed by atoms with Crippen LogP contribution in [0.4, 0.5) is 0 Å². The quantitative estimate of drug-likeness (QED) is 0.776. The molecule has 1 aliphatic carbocycles. The van der Waals surface area contributed by atoms with Crippen LogP contribution in [0.3, 0.4) is 0 Å². The fourth-order valence-corrected chi connectivity index (χ4v) is 4.02. The van der Waals surface area contributed by atoms with E-state index in [0.717, 1.165) is 38.2 Å². The lowest BCUT2D eigenvalue weighted by molar-refractivity contribution is -0.124. The van der Waals surface area contributed by atoms with E-state index in [1.165, 1.54) is 37.3 Å². The molecule has 0 radical (unpaired) electrons. The maximum atomic E-state index is 12.1. The van der Waals surface area contributed by atoms with Gasteiger partial charge in [-0.2, -0.15) is 16.9 Å². The van der Waals surface area contributed by atoms with Gasteiger partial charge in [0, 0.05) is 19.0 Å². The van der Waals surface area contributed by atoms with Crippen LogP contribution in [0.25, 0.3) is 0 Å². The molecule has 0 bridgehead atoms. The Kier molecular flexibility index (Phi) is 6.00. The second kappa shape index (κ2) is 8.20. The van der Waals surface area contributed by atoms with Crippen LogP contribution in [0.2, 0.25) is 0 Å². The van der Waals surface area contributed by atoms with Gasteiger partial charge in [-0.05, 0) is 43.9 Å². The van der Waals surface area contributed by atoms with E-state index in [0.29, 0.717) is 6.54 Å². The van der Waals surface area contributed by atoms with Crippen LogP contribution in [0, 0.1) is 5.92 Å². The van der Waals surface area contributed by atoms with Gasteiger partial charge in [0.15, 0.2) is 0 Å². The van der Waals surface area contributed by atoms with E-state index in [2.05, 4.69) is 32.3 Å². The molecule has 1 aromatic rings. The molecule has 0 aromatic carbocycles. The molecular weight excluding hydrogens is 308 g/mol. The van der Waals surface area contributed by atoms with E-state index in [1.54, 1.807) is 0 Å². The highest BCUT2D eigenvalue weighted by Crippen LogP contribution is 2.24. The van der Waals surface area contributed by atoms with Crippen molar-refractivity contribution in [2.24, 2.45) is 5.92 Å². The molecule has 1 saturated carbocycles. The zero-order valence-electron chi connectivity index (χ0n) is 14.1. The lowest BCUT2D eigenvalue weighted by Crippen LogP contribution is -2.34. The number of fused-ring (bicyclic) bond motifs is 1. The first-order chi connectivity index (χ1) is 11.3. The molecule has 1 aliphatic heterocycles. The number of carbonyl (C=O) groups excluding carboxylic acids is 1. The van der Waals surface area contributed by atoms with Crippen molar-refractivity contribution in [3.8, 4) is 0 Å². The third-order valence-corrected chi connectivity index (χ3v) is 5.62. The van der Waals surface area contributed by atoms with Crippen LogP contribution in [-0.2, 0) is 24.4 Å². The summed E-state index contributed by atoms with van der Waals surface area (Å²) in [7, 11) is 0. The van der Waals surface area contributed by atoms with E-state index < -0.39 is 0 Å². The average Bonchev–Trinajstić information content (AvgIpc) is 3.21. The summed E-state index contributed by atoms with van der Waals surface area (Å²) in [5.41, 5.74) is 2.28. The van der Waals surface area contributed by atoms with Gasteiger partial charge in [0.2, 0.25) is 5.91 Å². The Bertz CT molecular complexity index is 525. The van der Waals surface area contributed by atoms with E-state index in [4.69, 9.17) is 0 Å². The standard InChI is InChI=1S/C17H28N4OS/c1-23-10-4-7-20-8-9-21-16(13-20)11-15(19-21)12-18-17(22)14-5-2-3-6-14/h11,14H,2-10,12-13H2,1H3,(H,18,22). The SMILES string of the molecule is CSCCCN1CCn2nc(CNC(=O)C3CCCC3)cc2C1. The van der Waals surface area contributed by atoms with Crippen LogP contribution >= 0.6 is 11.8 Å². The van der Waals surface area contributed by atoms with Crippen LogP contribution in [0.5, 0.6) is 0 Å². The minimum atomic E-state index is 0.215. The number of hydrogen-bond donors (Lipinski definition) is 1. The van der Waals surface area contributed by atoms with Crippen LogP contribution in [0.15, 0.2) is 6.07 Å². The lowest BCUT2D eigenvalue weighted by atomic mass is 10.1. The van der Waals surface area contributed by atoms with Gasteiger partial charge in [-0.1, -0.05) is 12.8 Å². The second-order valence-corrected chi connectivity index (χ2v) is 7.66. The summed E-state index contributed by atoms with van der Waals surface area (Å²) in [6, 6.07) is 2.16. The van der Waals surface area contributed by atoms with Gasteiger partial charge in [-0.3, -0.25) is 14.4 Å². The van der Waals surface area contributed by atoms with Gasteiger partial charge in [-0.15, -0.1) is 0 Å². The van der Waals surface area contributed by atoms with Crippen molar-refractivity contribution >= 4 is 17.7 Å². The van der Waals surface area contributed by atoms with Crippen molar-refractivity contribution in [1.29, 1.82) is 0 Å². The summed E-state index contributed by atoms with van der Waals surface area (Å²) in [6.45, 7) is 4.77. The molecule has 3 rings (SSSR count). The van der Waals surface area contributed by atoms with Gasteiger partial charge in [0.05, 0.1) is 24.5 Å². The first-order valence-electron chi connectivity index (χ1n) is 8.81. The van der Waals surface area contributed by atoms with Crippen molar-refractivity contribution in [3.05, 3.63) is 17.5 Å². The topological polar surface area (TPSA) is 50.2 Å². The van der Waals surface area contributed by atoms with E-state index >= 15 is 0 Å². The molecule has 23 heavy (non-hydrogen) atoms. The van der Waals surface area contributed by atoms with E-state index in [1.807, 2.05) is 11.8 Å². The Morgan fingerprint density at radius 1 is 1.39 bits per heavy atom. The number of aromatic nitrogens is 2. The van der Waals surface area contributed by atoms with Crippen LogP contribution < -0.4 is 5.32 Å². The number of amides is 1. The van der Waals surface area contributed by atoms with E-state index in [-0.39, 0.29) is 11.8 Å². The molecule has 0 spiro atoms. The molecule has 128 valence electrons. The summed E-state index contributed by atoms with van der Waals surface area (Å²) in [6.07, 6.45) is 7.91.